The van der Waals surface area contributed by atoms with Crippen molar-refractivity contribution in [2.45, 2.75) is 138 Å². The van der Waals surface area contributed by atoms with E-state index >= 15 is 0 Å². The third-order valence-corrected chi connectivity index (χ3v) is 7.75. The molecule has 0 heterocycles. The number of carbonyl (C=O) groups excluding carboxylic acids is 1. The number of unbranched alkanes of at least 4 members (excludes halogenated alkanes) is 8. The maximum atomic E-state index is 12.0. The molecule has 0 aromatic heterocycles. The Morgan fingerprint density at radius 3 is 2.25 bits per heavy atom. The molecule has 0 bridgehead atoms. The Hall–Kier alpha value is -2.35. The molecular weight excluding hydrogens is 488 g/mol. The van der Waals surface area contributed by atoms with Crippen LogP contribution in [-0.4, -0.2) is 12.6 Å². The number of ether oxygens (including phenoxy) is 1. The van der Waals surface area contributed by atoms with E-state index in [1.54, 1.807) is 0 Å². The van der Waals surface area contributed by atoms with Gasteiger partial charge in [0.2, 0.25) is 0 Å². The second-order valence-corrected chi connectivity index (χ2v) is 12.1. The monoisotopic (exact) mass is 548 g/mol. The van der Waals surface area contributed by atoms with Crippen LogP contribution >= 0.6 is 0 Å². The van der Waals surface area contributed by atoms with Gasteiger partial charge < -0.3 is 4.74 Å². The van der Waals surface area contributed by atoms with E-state index in [2.05, 4.69) is 89.3 Å². The number of hydrogen-bond donors (Lipinski definition) is 0. The number of esters is 1. The molecule has 0 unspecified atom stereocenters. The van der Waals surface area contributed by atoms with Crippen LogP contribution in [0.3, 0.4) is 0 Å². The highest BCUT2D eigenvalue weighted by atomic mass is 16.5. The van der Waals surface area contributed by atoms with Crippen molar-refractivity contribution in [2.75, 3.05) is 6.61 Å². The van der Waals surface area contributed by atoms with E-state index in [-0.39, 0.29) is 11.4 Å². The van der Waals surface area contributed by atoms with E-state index in [1.807, 2.05) is 13.0 Å². The molecule has 1 aliphatic carbocycles. The lowest BCUT2D eigenvalue weighted by molar-refractivity contribution is -0.142. The lowest BCUT2D eigenvalue weighted by atomic mass is 9.72. The third-order valence-electron chi connectivity index (χ3n) is 7.75. The maximum Gasteiger partial charge on any atom is 0.306 e. The van der Waals surface area contributed by atoms with Crippen LogP contribution < -0.4 is 0 Å². The zero-order valence-corrected chi connectivity index (χ0v) is 26.9. The number of rotatable bonds is 20. The minimum absolute atomic E-state index is 0.0881. The smallest absolute Gasteiger partial charge is 0.306 e. The Labute approximate surface area is 248 Å². The van der Waals surface area contributed by atoms with Gasteiger partial charge in [0.1, 0.15) is 6.61 Å². The Morgan fingerprint density at radius 2 is 1.55 bits per heavy atom. The van der Waals surface area contributed by atoms with Crippen LogP contribution in [0.5, 0.6) is 0 Å². The zero-order valence-electron chi connectivity index (χ0n) is 26.9. The fourth-order valence-corrected chi connectivity index (χ4v) is 5.12. The SMILES string of the molecule is CCCCCC=CCC=CCCCCCCCC(=O)OC/C=C(C)/C=C/C=C(C)/C=C/C1=C(C)CCCC1(C)C. The summed E-state index contributed by atoms with van der Waals surface area (Å²) in [5, 5.41) is 0. The van der Waals surface area contributed by atoms with E-state index in [4.69, 9.17) is 4.74 Å². The van der Waals surface area contributed by atoms with Crippen LogP contribution in [0.4, 0.5) is 0 Å². The van der Waals surface area contributed by atoms with Crippen LogP contribution in [0.1, 0.15) is 138 Å². The molecule has 1 aliphatic rings. The van der Waals surface area contributed by atoms with Gasteiger partial charge in [0.05, 0.1) is 0 Å². The zero-order chi connectivity index (χ0) is 29.5. The molecule has 2 nitrogen and oxygen atoms in total. The lowest BCUT2D eigenvalue weighted by Gasteiger charge is -2.32. The van der Waals surface area contributed by atoms with Crippen molar-refractivity contribution in [3.05, 3.63) is 83.1 Å². The molecule has 0 aromatic carbocycles. The van der Waals surface area contributed by atoms with Crippen molar-refractivity contribution >= 4 is 5.97 Å². The van der Waals surface area contributed by atoms with Crippen LogP contribution in [-0.2, 0) is 9.53 Å². The quantitative estimate of drug-likeness (QED) is 0.0654. The van der Waals surface area contributed by atoms with Crippen molar-refractivity contribution in [1.82, 2.24) is 0 Å². The van der Waals surface area contributed by atoms with Crippen molar-refractivity contribution < 1.29 is 9.53 Å². The minimum atomic E-state index is -0.0881. The van der Waals surface area contributed by atoms with E-state index in [0.717, 1.165) is 31.3 Å². The molecule has 224 valence electrons. The highest BCUT2D eigenvalue weighted by Gasteiger charge is 2.26. The standard InChI is InChI=1S/C38H60O2/c1-7-8-9-10-11-12-13-14-15-16-17-18-19-20-21-27-37(39)40-32-30-34(3)25-22-24-33(2)28-29-36-35(4)26-23-31-38(36,5)6/h11-12,14-15,22,24-25,28-30H,7-10,13,16-21,23,26-27,31-32H2,1-6H3/b12-11?,15-14?,25-22+,29-28+,33-24+,34-30+. The van der Waals surface area contributed by atoms with Gasteiger partial charge in [0.25, 0.3) is 0 Å². The molecule has 0 fully saturated rings. The molecular formula is C38H60O2. The average Bonchev–Trinajstić information content (AvgIpc) is 2.90. The Morgan fingerprint density at radius 1 is 0.875 bits per heavy atom. The first-order valence-corrected chi connectivity index (χ1v) is 16.1. The maximum absolute atomic E-state index is 12.0. The lowest BCUT2D eigenvalue weighted by Crippen LogP contribution is -2.19. The third kappa shape index (κ3) is 18.1. The summed E-state index contributed by atoms with van der Waals surface area (Å²) in [5.41, 5.74) is 5.63. The summed E-state index contributed by atoms with van der Waals surface area (Å²) in [7, 11) is 0. The largest absolute Gasteiger partial charge is 0.461 e. The van der Waals surface area contributed by atoms with Crippen molar-refractivity contribution in [2.24, 2.45) is 5.41 Å². The van der Waals surface area contributed by atoms with Gasteiger partial charge in [-0.25, -0.2) is 0 Å². The summed E-state index contributed by atoms with van der Waals surface area (Å²) in [4.78, 5) is 12.0. The molecule has 0 radical (unpaired) electrons. The Balaban J connectivity index is 2.14. The topological polar surface area (TPSA) is 26.3 Å². The van der Waals surface area contributed by atoms with Gasteiger partial charge in [-0.15, -0.1) is 0 Å². The molecule has 2 heteroatoms. The first-order valence-electron chi connectivity index (χ1n) is 16.1. The van der Waals surface area contributed by atoms with Gasteiger partial charge in [0.15, 0.2) is 0 Å². The molecule has 40 heavy (non-hydrogen) atoms. The molecule has 0 saturated carbocycles. The van der Waals surface area contributed by atoms with Crippen LogP contribution in [0, 0.1) is 5.41 Å². The number of hydrogen-bond acceptors (Lipinski definition) is 2. The predicted octanol–water partition coefficient (Wildman–Crippen LogP) is 11.9. The first-order chi connectivity index (χ1) is 19.3. The molecule has 0 N–H and O–H groups in total. The Kier molecular flexibility index (Phi) is 19.9. The minimum Gasteiger partial charge on any atom is -0.461 e. The van der Waals surface area contributed by atoms with Crippen LogP contribution in [0.15, 0.2) is 83.1 Å². The van der Waals surface area contributed by atoms with Gasteiger partial charge in [-0.2, -0.15) is 0 Å². The molecule has 0 aliphatic heterocycles. The summed E-state index contributed by atoms with van der Waals surface area (Å²) in [5.74, 6) is -0.0881. The van der Waals surface area contributed by atoms with E-state index in [1.165, 1.54) is 80.9 Å². The molecule has 0 saturated heterocycles. The normalized spacial score (nSPS) is 16.9. The fraction of sp³-hybridized carbons (Fsp3) is 0.605. The van der Waals surface area contributed by atoms with Crippen LogP contribution in [0.2, 0.25) is 0 Å². The Bertz CT molecular complexity index is 917. The van der Waals surface area contributed by atoms with Gasteiger partial charge in [-0.3, -0.25) is 4.79 Å². The van der Waals surface area contributed by atoms with Crippen molar-refractivity contribution in [3.8, 4) is 0 Å². The highest BCUT2D eigenvalue weighted by molar-refractivity contribution is 5.69. The molecule has 0 aromatic rings. The summed E-state index contributed by atoms with van der Waals surface area (Å²) in [6.45, 7) is 13.8. The van der Waals surface area contributed by atoms with Gasteiger partial charge in [0, 0.05) is 6.42 Å². The highest BCUT2D eigenvalue weighted by Crippen LogP contribution is 2.40. The molecule has 1 rings (SSSR count). The van der Waals surface area contributed by atoms with Crippen molar-refractivity contribution in [1.29, 1.82) is 0 Å². The van der Waals surface area contributed by atoms with Gasteiger partial charge >= 0.3 is 5.97 Å². The van der Waals surface area contributed by atoms with E-state index < -0.39 is 0 Å². The second kappa shape index (κ2) is 22.4. The predicted molar refractivity (Wildman–Crippen MR) is 176 cm³/mol. The van der Waals surface area contributed by atoms with Gasteiger partial charge in [-0.05, 0) is 95.6 Å². The summed E-state index contributed by atoms with van der Waals surface area (Å²) < 4.78 is 5.40. The first kappa shape index (κ1) is 35.7. The fourth-order valence-electron chi connectivity index (χ4n) is 5.12. The average molecular weight is 549 g/mol. The van der Waals surface area contributed by atoms with Crippen LogP contribution in [0.25, 0.3) is 0 Å². The van der Waals surface area contributed by atoms with Crippen molar-refractivity contribution in [3.63, 3.8) is 0 Å². The van der Waals surface area contributed by atoms with E-state index in [9.17, 15) is 4.79 Å². The molecule has 0 spiro atoms. The van der Waals surface area contributed by atoms with Gasteiger partial charge in [-0.1, -0.05) is 124 Å². The number of allylic oxidation sites excluding steroid dienone is 13. The molecule has 0 amide bonds. The summed E-state index contributed by atoms with van der Waals surface area (Å²) in [6.07, 6.45) is 39.4. The summed E-state index contributed by atoms with van der Waals surface area (Å²) >= 11 is 0. The second-order valence-electron chi connectivity index (χ2n) is 12.1. The molecule has 0 atom stereocenters. The number of carbonyl (C=O) groups is 1. The summed E-state index contributed by atoms with van der Waals surface area (Å²) in [6, 6.07) is 0. The van der Waals surface area contributed by atoms with E-state index in [0.29, 0.717) is 13.0 Å².